The SMILES string of the molecule is CCOC(=O)C(CSc1ccccn1)(NC1CC1)C1CC1. The summed E-state index contributed by atoms with van der Waals surface area (Å²) >= 11 is 1.65. The van der Waals surface area contributed by atoms with E-state index in [0.717, 1.165) is 17.9 Å². The molecule has 114 valence electrons. The maximum Gasteiger partial charge on any atom is 0.327 e. The minimum Gasteiger partial charge on any atom is -0.465 e. The van der Waals surface area contributed by atoms with Gasteiger partial charge in [0, 0.05) is 18.0 Å². The first-order chi connectivity index (χ1) is 10.2. The predicted octanol–water partition coefficient (Wildman–Crippen LogP) is 2.64. The molecule has 21 heavy (non-hydrogen) atoms. The molecule has 0 saturated heterocycles. The summed E-state index contributed by atoms with van der Waals surface area (Å²) in [5.41, 5.74) is -0.528. The van der Waals surface area contributed by atoms with Crippen LogP contribution in [0.2, 0.25) is 0 Å². The van der Waals surface area contributed by atoms with Crippen molar-refractivity contribution in [2.24, 2.45) is 5.92 Å². The van der Waals surface area contributed by atoms with Gasteiger partial charge in [-0.1, -0.05) is 6.07 Å². The van der Waals surface area contributed by atoms with Gasteiger partial charge in [-0.3, -0.25) is 10.1 Å². The Morgan fingerprint density at radius 2 is 2.24 bits per heavy atom. The third kappa shape index (κ3) is 3.58. The van der Waals surface area contributed by atoms with Crippen molar-refractivity contribution in [2.75, 3.05) is 12.4 Å². The van der Waals surface area contributed by atoms with Crippen LogP contribution >= 0.6 is 11.8 Å². The van der Waals surface area contributed by atoms with E-state index in [0.29, 0.717) is 24.3 Å². The van der Waals surface area contributed by atoms with Crippen molar-refractivity contribution in [3.8, 4) is 0 Å². The zero-order valence-electron chi connectivity index (χ0n) is 12.4. The van der Waals surface area contributed by atoms with Gasteiger partial charge in [0.05, 0.1) is 11.6 Å². The fourth-order valence-electron chi connectivity index (χ4n) is 2.61. The van der Waals surface area contributed by atoms with Crippen molar-refractivity contribution in [3.63, 3.8) is 0 Å². The van der Waals surface area contributed by atoms with Gasteiger partial charge < -0.3 is 4.74 Å². The Balaban J connectivity index is 1.74. The molecule has 0 aromatic carbocycles. The molecule has 2 aliphatic rings. The lowest BCUT2D eigenvalue weighted by Gasteiger charge is -2.32. The van der Waals surface area contributed by atoms with Gasteiger partial charge >= 0.3 is 5.97 Å². The largest absolute Gasteiger partial charge is 0.465 e. The number of nitrogens with one attached hydrogen (secondary N) is 1. The van der Waals surface area contributed by atoms with Crippen molar-refractivity contribution < 1.29 is 9.53 Å². The maximum absolute atomic E-state index is 12.6. The fourth-order valence-corrected chi connectivity index (χ4v) is 3.73. The van der Waals surface area contributed by atoms with Crippen molar-refractivity contribution >= 4 is 17.7 Å². The average molecular weight is 306 g/mol. The Bertz CT molecular complexity index is 488. The Labute approximate surface area is 130 Å². The Kier molecular flexibility index (Phi) is 4.50. The molecular weight excluding hydrogens is 284 g/mol. The molecule has 3 rings (SSSR count). The number of nitrogens with zero attached hydrogens (tertiary/aromatic N) is 1. The van der Waals surface area contributed by atoms with Crippen LogP contribution in [0, 0.1) is 5.92 Å². The molecule has 0 spiro atoms. The molecule has 1 N–H and O–H groups in total. The summed E-state index contributed by atoms with van der Waals surface area (Å²) in [5, 5.41) is 4.56. The number of pyridine rings is 1. The number of esters is 1. The molecular formula is C16H22N2O2S. The highest BCUT2D eigenvalue weighted by molar-refractivity contribution is 7.99. The second kappa shape index (κ2) is 6.36. The molecule has 2 fully saturated rings. The van der Waals surface area contributed by atoms with Gasteiger partial charge in [-0.25, -0.2) is 4.98 Å². The normalized spacial score (nSPS) is 20.8. The average Bonchev–Trinajstić information content (AvgIpc) is 3.38. The fraction of sp³-hybridized carbons (Fsp3) is 0.625. The molecule has 1 atom stereocenters. The molecule has 0 radical (unpaired) electrons. The number of hydrogen-bond acceptors (Lipinski definition) is 5. The topological polar surface area (TPSA) is 51.2 Å². The van der Waals surface area contributed by atoms with Crippen LogP contribution in [0.1, 0.15) is 32.6 Å². The Morgan fingerprint density at radius 1 is 1.43 bits per heavy atom. The lowest BCUT2D eigenvalue weighted by molar-refractivity contribution is -0.151. The molecule has 1 heterocycles. The molecule has 2 aliphatic carbocycles. The summed E-state index contributed by atoms with van der Waals surface area (Å²) in [7, 11) is 0. The maximum atomic E-state index is 12.6. The zero-order valence-corrected chi connectivity index (χ0v) is 13.2. The van der Waals surface area contributed by atoms with E-state index in [9.17, 15) is 4.79 Å². The second-order valence-corrected chi connectivity index (χ2v) is 6.84. The Morgan fingerprint density at radius 3 is 2.81 bits per heavy atom. The summed E-state index contributed by atoms with van der Waals surface area (Å²) in [4.78, 5) is 17.0. The third-order valence-corrected chi connectivity index (χ3v) is 5.18. The van der Waals surface area contributed by atoms with E-state index in [2.05, 4.69) is 10.3 Å². The standard InChI is InChI=1S/C16H22N2O2S/c1-2-20-15(19)16(12-6-7-12,18-13-8-9-13)11-21-14-5-3-4-10-17-14/h3-5,10,12-13,18H,2,6-9,11H2,1H3. The summed E-state index contributed by atoms with van der Waals surface area (Å²) < 4.78 is 5.39. The quantitative estimate of drug-likeness (QED) is 0.591. The number of hydrogen-bond donors (Lipinski definition) is 1. The Hall–Kier alpha value is -1.07. The van der Waals surface area contributed by atoms with E-state index >= 15 is 0 Å². The molecule has 1 aromatic rings. The first-order valence-electron chi connectivity index (χ1n) is 7.73. The van der Waals surface area contributed by atoms with Crippen LogP contribution in [0.25, 0.3) is 0 Å². The van der Waals surface area contributed by atoms with E-state index < -0.39 is 5.54 Å². The molecule has 5 heteroatoms. The number of carbonyl (C=O) groups is 1. The molecule has 0 bridgehead atoms. The molecule has 2 saturated carbocycles. The number of aromatic nitrogens is 1. The van der Waals surface area contributed by atoms with E-state index in [1.54, 1.807) is 18.0 Å². The van der Waals surface area contributed by atoms with Gasteiger partial charge in [0.25, 0.3) is 0 Å². The number of thioether (sulfide) groups is 1. The van der Waals surface area contributed by atoms with E-state index in [1.807, 2.05) is 25.1 Å². The van der Waals surface area contributed by atoms with E-state index in [1.165, 1.54) is 12.8 Å². The summed E-state index contributed by atoms with van der Waals surface area (Å²) in [6.45, 7) is 2.31. The predicted molar refractivity (Wildman–Crippen MR) is 83.2 cm³/mol. The first-order valence-corrected chi connectivity index (χ1v) is 8.72. The number of ether oxygens (including phenoxy) is 1. The van der Waals surface area contributed by atoms with Crippen molar-refractivity contribution in [2.45, 2.75) is 49.2 Å². The second-order valence-electron chi connectivity index (χ2n) is 5.84. The van der Waals surface area contributed by atoms with Crippen LogP contribution in [-0.4, -0.2) is 34.9 Å². The summed E-state index contributed by atoms with van der Waals surface area (Å²) in [6.07, 6.45) is 6.35. The minimum absolute atomic E-state index is 0.0807. The summed E-state index contributed by atoms with van der Waals surface area (Å²) in [5.74, 6) is 1.03. The zero-order chi connectivity index (χ0) is 14.7. The van der Waals surface area contributed by atoms with Crippen LogP contribution in [0.3, 0.4) is 0 Å². The lowest BCUT2D eigenvalue weighted by Crippen LogP contribution is -2.58. The van der Waals surface area contributed by atoms with Gasteiger partial charge in [0.15, 0.2) is 0 Å². The van der Waals surface area contributed by atoms with Crippen LogP contribution in [-0.2, 0) is 9.53 Å². The van der Waals surface area contributed by atoms with Crippen molar-refractivity contribution in [1.29, 1.82) is 0 Å². The lowest BCUT2D eigenvalue weighted by atomic mass is 9.95. The van der Waals surface area contributed by atoms with Crippen molar-refractivity contribution in [3.05, 3.63) is 24.4 Å². The highest BCUT2D eigenvalue weighted by Gasteiger charge is 2.53. The van der Waals surface area contributed by atoms with Crippen LogP contribution in [0.15, 0.2) is 29.4 Å². The molecule has 1 unspecified atom stereocenters. The van der Waals surface area contributed by atoms with Gasteiger partial charge in [-0.15, -0.1) is 11.8 Å². The van der Waals surface area contributed by atoms with Crippen LogP contribution in [0.4, 0.5) is 0 Å². The highest BCUT2D eigenvalue weighted by Crippen LogP contribution is 2.44. The minimum atomic E-state index is -0.528. The molecule has 1 aromatic heterocycles. The monoisotopic (exact) mass is 306 g/mol. The van der Waals surface area contributed by atoms with Crippen molar-refractivity contribution in [1.82, 2.24) is 10.3 Å². The van der Waals surface area contributed by atoms with Gasteiger partial charge in [0.1, 0.15) is 5.54 Å². The van der Waals surface area contributed by atoms with Crippen LogP contribution < -0.4 is 5.32 Å². The molecule has 0 amide bonds. The van der Waals surface area contributed by atoms with E-state index in [-0.39, 0.29) is 5.97 Å². The van der Waals surface area contributed by atoms with Crippen LogP contribution in [0.5, 0.6) is 0 Å². The van der Waals surface area contributed by atoms with Gasteiger partial charge in [0.2, 0.25) is 0 Å². The van der Waals surface area contributed by atoms with E-state index in [4.69, 9.17) is 4.74 Å². The van der Waals surface area contributed by atoms with Gasteiger partial charge in [-0.05, 0) is 50.7 Å². The number of carbonyl (C=O) groups excluding carboxylic acids is 1. The first kappa shape index (κ1) is 14.9. The molecule has 0 aliphatic heterocycles. The highest BCUT2D eigenvalue weighted by atomic mass is 32.2. The third-order valence-electron chi connectivity index (χ3n) is 4.04. The summed E-state index contributed by atoms with van der Waals surface area (Å²) in [6, 6.07) is 6.36. The van der Waals surface area contributed by atoms with Gasteiger partial charge in [-0.2, -0.15) is 0 Å². The smallest absolute Gasteiger partial charge is 0.327 e. The number of rotatable bonds is 8. The molecule has 4 nitrogen and oxygen atoms in total.